The van der Waals surface area contributed by atoms with Crippen LogP contribution < -0.4 is 5.32 Å². The van der Waals surface area contributed by atoms with Gasteiger partial charge in [0.1, 0.15) is 0 Å². The molecule has 0 bridgehead atoms. The summed E-state index contributed by atoms with van der Waals surface area (Å²) < 4.78 is 0. The molecule has 1 fully saturated rings. The van der Waals surface area contributed by atoms with Crippen LogP contribution in [-0.4, -0.2) is 24.2 Å². The molecule has 2 aromatic rings. The smallest absolute Gasteiger partial charge is 0.310 e. The molecule has 1 saturated heterocycles. The molecular weight excluding hydrogens is 386 g/mol. The van der Waals surface area contributed by atoms with Gasteiger partial charge in [-0.3, -0.25) is 4.79 Å². The minimum Gasteiger partial charge on any atom is -0.481 e. The first-order chi connectivity index (χ1) is 12.0. The molecule has 0 unspecified atom stereocenters. The van der Waals surface area contributed by atoms with Gasteiger partial charge < -0.3 is 10.4 Å². The Hall–Kier alpha value is -1.14. The summed E-state index contributed by atoms with van der Waals surface area (Å²) in [6.45, 7) is 5.80. The van der Waals surface area contributed by atoms with Crippen molar-refractivity contribution in [2.45, 2.75) is 39.5 Å². The second kappa shape index (κ2) is 9.18. The van der Waals surface area contributed by atoms with Gasteiger partial charge in [-0.25, -0.2) is 0 Å². The van der Waals surface area contributed by atoms with E-state index in [0.29, 0.717) is 13.0 Å². The minimum atomic E-state index is -0.658. The molecule has 0 spiro atoms. The van der Waals surface area contributed by atoms with Crippen molar-refractivity contribution in [1.29, 1.82) is 0 Å². The largest absolute Gasteiger partial charge is 0.481 e. The third-order valence-corrected chi connectivity index (χ3v) is 7.21. The highest BCUT2D eigenvalue weighted by Gasteiger charge is 2.38. The van der Waals surface area contributed by atoms with Gasteiger partial charge in [0.15, 0.2) is 0 Å². The van der Waals surface area contributed by atoms with Crippen LogP contribution in [0.15, 0.2) is 29.0 Å². The van der Waals surface area contributed by atoms with Crippen LogP contribution in [0.1, 0.15) is 46.6 Å². The summed E-state index contributed by atoms with van der Waals surface area (Å²) >= 11 is 3.53. The van der Waals surface area contributed by atoms with E-state index in [1.54, 1.807) is 22.7 Å². The number of aliphatic carboxylic acids is 1. The van der Waals surface area contributed by atoms with Gasteiger partial charge >= 0.3 is 5.97 Å². The number of carboxylic acid groups (broad SMARTS) is 1. The lowest BCUT2D eigenvalue weighted by Gasteiger charge is -2.33. The highest BCUT2D eigenvalue weighted by atomic mass is 35.5. The van der Waals surface area contributed by atoms with E-state index in [0.717, 1.165) is 25.8 Å². The Morgan fingerprint density at radius 2 is 1.85 bits per heavy atom. The summed E-state index contributed by atoms with van der Waals surface area (Å²) in [7, 11) is 0. The second-order valence-corrected chi connectivity index (χ2v) is 8.72. The average Bonchev–Trinajstić information content (AvgIpc) is 3.21. The number of halogens is 1. The molecule has 142 valence electrons. The van der Waals surface area contributed by atoms with E-state index in [4.69, 9.17) is 0 Å². The zero-order chi connectivity index (χ0) is 17.9. The molecule has 3 rings (SSSR count). The molecule has 3 nitrogen and oxygen atoms in total. The lowest BCUT2D eigenvalue weighted by atomic mass is 9.77. The van der Waals surface area contributed by atoms with Gasteiger partial charge in [-0.05, 0) is 80.1 Å². The number of rotatable bonds is 6. The number of carboxylic acids is 1. The average molecular weight is 412 g/mol. The third-order valence-electron chi connectivity index (χ3n) is 5.11. The zero-order valence-electron chi connectivity index (χ0n) is 15.2. The van der Waals surface area contributed by atoms with Gasteiger partial charge in [0.2, 0.25) is 0 Å². The van der Waals surface area contributed by atoms with Gasteiger partial charge in [-0.15, -0.1) is 35.1 Å². The van der Waals surface area contributed by atoms with Crippen LogP contribution in [-0.2, 0) is 4.79 Å². The Bertz CT molecular complexity index is 730. The number of aryl methyl sites for hydroxylation is 2. The van der Waals surface area contributed by atoms with Gasteiger partial charge in [-0.2, -0.15) is 0 Å². The summed E-state index contributed by atoms with van der Waals surface area (Å²) in [4.78, 5) is 14.5. The second-order valence-electron chi connectivity index (χ2n) is 6.89. The van der Waals surface area contributed by atoms with E-state index in [1.165, 1.54) is 26.5 Å². The Balaban J connectivity index is 0.00000243. The quantitative estimate of drug-likeness (QED) is 0.658. The normalized spacial score (nSPS) is 19.6. The molecule has 26 heavy (non-hydrogen) atoms. The predicted octanol–water partition coefficient (Wildman–Crippen LogP) is 5.51. The van der Waals surface area contributed by atoms with Crippen molar-refractivity contribution >= 4 is 46.6 Å². The molecular formula is C20H26ClNO2S2. The van der Waals surface area contributed by atoms with Crippen LogP contribution in [0.25, 0.3) is 5.57 Å². The van der Waals surface area contributed by atoms with Crippen LogP contribution >= 0.6 is 35.1 Å². The Morgan fingerprint density at radius 3 is 2.27 bits per heavy atom. The van der Waals surface area contributed by atoms with Gasteiger partial charge in [0, 0.05) is 21.9 Å². The SMILES string of the molecule is Cc1ccsc1C(=CCC[C@@]1(C(=O)O)CCCNC1)c1sccc1C.Cl. The summed E-state index contributed by atoms with van der Waals surface area (Å²) in [6.07, 6.45) is 5.45. The fraction of sp³-hybridized carbons (Fsp3) is 0.450. The number of hydrogen-bond acceptors (Lipinski definition) is 4. The van der Waals surface area contributed by atoms with Gasteiger partial charge in [0.25, 0.3) is 0 Å². The first-order valence-corrected chi connectivity index (χ1v) is 10.5. The highest BCUT2D eigenvalue weighted by Crippen LogP contribution is 2.37. The number of carbonyl (C=O) groups is 1. The first-order valence-electron chi connectivity index (χ1n) is 8.77. The topological polar surface area (TPSA) is 49.3 Å². The lowest BCUT2D eigenvalue weighted by Crippen LogP contribution is -2.45. The van der Waals surface area contributed by atoms with Crippen LogP contribution in [0.5, 0.6) is 0 Å². The molecule has 6 heteroatoms. The molecule has 2 N–H and O–H groups in total. The zero-order valence-corrected chi connectivity index (χ0v) is 17.7. The molecule has 1 atom stereocenters. The molecule has 1 aliphatic heterocycles. The van der Waals surface area contributed by atoms with Crippen molar-refractivity contribution in [2.24, 2.45) is 5.41 Å². The standard InChI is InChI=1S/C20H25NO2S2.ClH/c1-14-6-11-24-17(14)16(18-15(2)7-12-25-18)5-3-8-20(19(22)23)9-4-10-21-13-20;/h5-7,11-12,21H,3-4,8-10,13H2,1-2H3,(H,22,23);1H/t20-;/m1./s1. The van der Waals surface area contributed by atoms with E-state index in [1.807, 2.05) is 0 Å². The monoisotopic (exact) mass is 411 g/mol. The van der Waals surface area contributed by atoms with E-state index in [2.05, 4.69) is 48.1 Å². The van der Waals surface area contributed by atoms with Crippen molar-refractivity contribution < 1.29 is 9.90 Å². The number of nitrogens with one attached hydrogen (secondary N) is 1. The number of allylic oxidation sites excluding steroid dienone is 1. The van der Waals surface area contributed by atoms with E-state index in [-0.39, 0.29) is 12.4 Å². The van der Waals surface area contributed by atoms with Gasteiger partial charge in [-0.1, -0.05) is 6.08 Å². The van der Waals surface area contributed by atoms with Crippen LogP contribution in [0, 0.1) is 19.3 Å². The maximum atomic E-state index is 11.9. The first kappa shape index (κ1) is 21.2. The Labute approximate surface area is 169 Å². The van der Waals surface area contributed by atoms with Crippen molar-refractivity contribution in [3.8, 4) is 0 Å². The summed E-state index contributed by atoms with van der Waals surface area (Å²) in [5.41, 5.74) is 3.23. The molecule has 0 amide bonds. The fourth-order valence-electron chi connectivity index (χ4n) is 3.55. The van der Waals surface area contributed by atoms with Gasteiger partial charge in [0.05, 0.1) is 5.41 Å². The lowest BCUT2D eigenvalue weighted by molar-refractivity contribution is -0.150. The number of hydrogen-bond donors (Lipinski definition) is 2. The van der Waals surface area contributed by atoms with Crippen LogP contribution in [0.2, 0.25) is 0 Å². The Morgan fingerprint density at radius 1 is 1.23 bits per heavy atom. The highest BCUT2D eigenvalue weighted by molar-refractivity contribution is 7.14. The molecule has 0 saturated carbocycles. The van der Waals surface area contributed by atoms with E-state index >= 15 is 0 Å². The van der Waals surface area contributed by atoms with Crippen molar-refractivity contribution in [3.63, 3.8) is 0 Å². The Kier molecular flexibility index (Phi) is 7.47. The molecule has 0 aromatic carbocycles. The molecule has 3 heterocycles. The summed E-state index contributed by atoms with van der Waals surface area (Å²) in [5, 5.41) is 17.3. The van der Waals surface area contributed by atoms with Crippen LogP contribution in [0.4, 0.5) is 0 Å². The minimum absolute atomic E-state index is 0. The van der Waals surface area contributed by atoms with Crippen molar-refractivity contribution in [2.75, 3.05) is 13.1 Å². The molecule has 0 aliphatic carbocycles. The van der Waals surface area contributed by atoms with Crippen LogP contribution in [0.3, 0.4) is 0 Å². The summed E-state index contributed by atoms with van der Waals surface area (Å²) in [6, 6.07) is 4.31. The van der Waals surface area contributed by atoms with E-state index < -0.39 is 11.4 Å². The van der Waals surface area contributed by atoms with Crippen molar-refractivity contribution in [3.05, 3.63) is 49.9 Å². The number of piperidine rings is 1. The maximum Gasteiger partial charge on any atom is 0.310 e. The third kappa shape index (κ3) is 4.39. The number of thiophene rings is 2. The fourth-order valence-corrected chi connectivity index (χ4v) is 5.56. The van der Waals surface area contributed by atoms with Crippen molar-refractivity contribution in [1.82, 2.24) is 5.32 Å². The summed E-state index contributed by atoms with van der Waals surface area (Å²) in [5.74, 6) is -0.658. The molecule has 0 radical (unpaired) electrons. The molecule has 2 aromatic heterocycles. The van der Waals surface area contributed by atoms with E-state index in [9.17, 15) is 9.90 Å². The predicted molar refractivity (Wildman–Crippen MR) is 114 cm³/mol. The maximum absolute atomic E-state index is 11.9. The molecule has 1 aliphatic rings.